The number of hydrogen-bond acceptors (Lipinski definition) is 2. The summed E-state index contributed by atoms with van der Waals surface area (Å²) in [5.41, 5.74) is 1.20. The zero-order chi connectivity index (χ0) is 11.4. The van der Waals surface area contributed by atoms with Crippen molar-refractivity contribution in [2.75, 3.05) is 0 Å². The summed E-state index contributed by atoms with van der Waals surface area (Å²) in [5, 5.41) is 4.15. The lowest BCUT2D eigenvalue weighted by molar-refractivity contribution is -0.123. The molecule has 0 spiro atoms. The summed E-state index contributed by atoms with van der Waals surface area (Å²) < 4.78 is 0. The quantitative estimate of drug-likeness (QED) is 0.770. The molecule has 1 heterocycles. The number of hydrogen-bond donors (Lipinski definition) is 0. The van der Waals surface area contributed by atoms with E-state index in [2.05, 4.69) is 23.8 Å². The van der Waals surface area contributed by atoms with Gasteiger partial charge in [-0.2, -0.15) is 11.3 Å². The zero-order valence-corrected chi connectivity index (χ0v) is 10.8. The molecule has 2 rings (SSSR count). The van der Waals surface area contributed by atoms with Gasteiger partial charge in [-0.25, -0.2) is 0 Å². The number of thiophene rings is 1. The number of carbonyl (C=O) groups excluding carboxylic acids is 1. The molecule has 0 aromatic carbocycles. The first kappa shape index (κ1) is 11.8. The molecule has 2 heteroatoms. The van der Waals surface area contributed by atoms with Crippen molar-refractivity contribution in [3.63, 3.8) is 0 Å². The monoisotopic (exact) mass is 236 g/mol. The maximum atomic E-state index is 12.1. The SMILES string of the molecule is CCC1CCC(C(=O)Cc2ccsc2)CC1. The summed E-state index contributed by atoms with van der Waals surface area (Å²) in [6, 6.07) is 2.07. The molecule has 0 aliphatic heterocycles. The first-order chi connectivity index (χ1) is 7.79. The van der Waals surface area contributed by atoms with Gasteiger partial charge in [0.25, 0.3) is 0 Å². The average Bonchev–Trinajstić information content (AvgIpc) is 2.82. The second-order valence-electron chi connectivity index (χ2n) is 4.90. The largest absolute Gasteiger partial charge is 0.299 e. The number of carbonyl (C=O) groups is 1. The van der Waals surface area contributed by atoms with E-state index in [0.29, 0.717) is 18.1 Å². The molecular weight excluding hydrogens is 216 g/mol. The van der Waals surface area contributed by atoms with Crippen LogP contribution in [0.4, 0.5) is 0 Å². The molecule has 0 unspecified atom stereocenters. The van der Waals surface area contributed by atoms with Gasteiger partial charge in [-0.15, -0.1) is 0 Å². The van der Waals surface area contributed by atoms with Crippen LogP contribution < -0.4 is 0 Å². The van der Waals surface area contributed by atoms with Crippen LogP contribution in [0.25, 0.3) is 0 Å². The fourth-order valence-corrected chi connectivity index (χ4v) is 3.30. The molecule has 88 valence electrons. The summed E-state index contributed by atoms with van der Waals surface area (Å²) >= 11 is 1.68. The highest BCUT2D eigenvalue weighted by Gasteiger charge is 2.25. The molecule has 1 aliphatic carbocycles. The van der Waals surface area contributed by atoms with Crippen molar-refractivity contribution in [2.45, 2.75) is 45.4 Å². The van der Waals surface area contributed by atoms with Gasteiger partial charge < -0.3 is 0 Å². The Morgan fingerprint density at radius 2 is 2.12 bits per heavy atom. The smallest absolute Gasteiger partial charge is 0.140 e. The average molecular weight is 236 g/mol. The van der Waals surface area contributed by atoms with Crippen LogP contribution >= 0.6 is 11.3 Å². The molecule has 16 heavy (non-hydrogen) atoms. The van der Waals surface area contributed by atoms with E-state index in [1.54, 1.807) is 11.3 Å². The van der Waals surface area contributed by atoms with Crippen LogP contribution in [0.1, 0.15) is 44.6 Å². The predicted octanol–water partition coefficient (Wildman–Crippen LogP) is 4.08. The van der Waals surface area contributed by atoms with Crippen LogP contribution in [0.15, 0.2) is 16.8 Å². The summed E-state index contributed by atoms with van der Waals surface area (Å²) in [5.74, 6) is 1.70. The number of rotatable bonds is 4. The first-order valence-corrected chi connectivity index (χ1v) is 7.27. The van der Waals surface area contributed by atoms with Gasteiger partial charge in [-0.05, 0) is 54.0 Å². The van der Waals surface area contributed by atoms with Crippen molar-refractivity contribution < 1.29 is 4.79 Å². The molecule has 0 N–H and O–H groups in total. The zero-order valence-electron chi connectivity index (χ0n) is 9.95. The first-order valence-electron chi connectivity index (χ1n) is 6.33. The molecule has 0 amide bonds. The topological polar surface area (TPSA) is 17.1 Å². The maximum absolute atomic E-state index is 12.1. The van der Waals surface area contributed by atoms with Gasteiger partial charge in [-0.3, -0.25) is 4.79 Å². The standard InChI is InChI=1S/C14H20OS/c1-2-11-3-5-13(6-4-11)14(15)9-12-7-8-16-10-12/h7-8,10-11,13H,2-6,9H2,1H3. The van der Waals surface area contributed by atoms with Crippen LogP contribution in [-0.2, 0) is 11.2 Å². The summed E-state index contributed by atoms with van der Waals surface area (Å²) in [7, 11) is 0. The maximum Gasteiger partial charge on any atom is 0.140 e. The van der Waals surface area contributed by atoms with Gasteiger partial charge in [0.1, 0.15) is 5.78 Å². The van der Waals surface area contributed by atoms with Crippen LogP contribution in [0, 0.1) is 11.8 Å². The second kappa shape index (κ2) is 5.62. The molecule has 1 saturated carbocycles. The van der Waals surface area contributed by atoms with E-state index in [-0.39, 0.29) is 0 Å². The van der Waals surface area contributed by atoms with Gasteiger partial charge in [0.05, 0.1) is 0 Å². The van der Waals surface area contributed by atoms with Crippen LogP contribution in [0.2, 0.25) is 0 Å². The number of Topliss-reactive ketones (excluding diaryl/α,β-unsaturated/α-hetero) is 1. The molecule has 0 atom stereocenters. The van der Waals surface area contributed by atoms with E-state index < -0.39 is 0 Å². The Morgan fingerprint density at radius 3 is 2.69 bits per heavy atom. The highest BCUT2D eigenvalue weighted by molar-refractivity contribution is 7.07. The van der Waals surface area contributed by atoms with Crippen LogP contribution in [0.5, 0.6) is 0 Å². The lowest BCUT2D eigenvalue weighted by atomic mass is 9.78. The van der Waals surface area contributed by atoms with Crippen molar-refractivity contribution in [2.24, 2.45) is 11.8 Å². The third kappa shape index (κ3) is 2.94. The van der Waals surface area contributed by atoms with E-state index in [9.17, 15) is 4.79 Å². The Kier molecular flexibility index (Phi) is 4.16. The molecule has 1 aromatic heterocycles. The molecule has 0 radical (unpaired) electrons. The minimum Gasteiger partial charge on any atom is -0.299 e. The predicted molar refractivity (Wildman–Crippen MR) is 68.8 cm³/mol. The van der Waals surface area contributed by atoms with Crippen molar-refractivity contribution in [1.29, 1.82) is 0 Å². The fourth-order valence-electron chi connectivity index (χ4n) is 2.63. The Hall–Kier alpha value is -0.630. The van der Waals surface area contributed by atoms with Gasteiger partial charge >= 0.3 is 0 Å². The third-order valence-corrected chi connectivity index (χ3v) is 4.57. The van der Waals surface area contributed by atoms with Gasteiger partial charge in [0.2, 0.25) is 0 Å². The molecule has 0 saturated heterocycles. The van der Waals surface area contributed by atoms with Crippen molar-refractivity contribution in [3.05, 3.63) is 22.4 Å². The van der Waals surface area contributed by atoms with Gasteiger partial charge in [0.15, 0.2) is 0 Å². The third-order valence-electron chi connectivity index (χ3n) is 3.84. The van der Waals surface area contributed by atoms with Crippen molar-refractivity contribution in [3.8, 4) is 0 Å². The van der Waals surface area contributed by atoms with Gasteiger partial charge in [0, 0.05) is 12.3 Å². The lowest BCUT2D eigenvalue weighted by Gasteiger charge is -2.26. The summed E-state index contributed by atoms with van der Waals surface area (Å²) in [6.07, 6.45) is 6.71. The van der Waals surface area contributed by atoms with E-state index in [1.807, 2.05) is 0 Å². The summed E-state index contributed by atoms with van der Waals surface area (Å²) in [4.78, 5) is 12.1. The van der Waals surface area contributed by atoms with Crippen molar-refractivity contribution >= 4 is 17.1 Å². The number of ketones is 1. The minimum atomic E-state index is 0.350. The lowest BCUT2D eigenvalue weighted by Crippen LogP contribution is -2.22. The minimum absolute atomic E-state index is 0.350. The molecule has 1 aliphatic rings. The molecule has 1 fully saturated rings. The van der Waals surface area contributed by atoms with Crippen LogP contribution in [-0.4, -0.2) is 5.78 Å². The fraction of sp³-hybridized carbons (Fsp3) is 0.643. The van der Waals surface area contributed by atoms with E-state index in [4.69, 9.17) is 0 Å². The Bertz CT molecular complexity index is 321. The Morgan fingerprint density at radius 1 is 1.38 bits per heavy atom. The Balaban J connectivity index is 1.82. The molecule has 1 aromatic rings. The van der Waals surface area contributed by atoms with E-state index in [0.717, 1.165) is 18.8 Å². The second-order valence-corrected chi connectivity index (χ2v) is 5.68. The normalized spacial score (nSPS) is 25.6. The molecule has 1 nitrogen and oxygen atoms in total. The van der Waals surface area contributed by atoms with E-state index >= 15 is 0 Å². The van der Waals surface area contributed by atoms with E-state index in [1.165, 1.54) is 24.8 Å². The molecule has 0 bridgehead atoms. The highest BCUT2D eigenvalue weighted by atomic mass is 32.1. The molecular formula is C14H20OS. The summed E-state index contributed by atoms with van der Waals surface area (Å²) in [6.45, 7) is 2.26. The Labute approximate surface area is 102 Å². The highest BCUT2D eigenvalue weighted by Crippen LogP contribution is 2.31. The van der Waals surface area contributed by atoms with Gasteiger partial charge in [-0.1, -0.05) is 13.3 Å². The van der Waals surface area contributed by atoms with Crippen LogP contribution in [0.3, 0.4) is 0 Å². The van der Waals surface area contributed by atoms with Crippen molar-refractivity contribution in [1.82, 2.24) is 0 Å².